The summed E-state index contributed by atoms with van der Waals surface area (Å²) in [5, 5.41) is 3.06. The SMILES string of the molecule is CNc1ccc(C(=O)C2CCCCC2)cc1. The second-order valence-electron chi connectivity index (χ2n) is 4.53. The van der Waals surface area contributed by atoms with Gasteiger partial charge in [0.05, 0.1) is 0 Å². The van der Waals surface area contributed by atoms with E-state index in [2.05, 4.69) is 5.32 Å². The first-order valence-corrected chi connectivity index (χ1v) is 6.13. The molecule has 2 nitrogen and oxygen atoms in total. The minimum absolute atomic E-state index is 0.272. The van der Waals surface area contributed by atoms with E-state index in [9.17, 15) is 4.79 Å². The summed E-state index contributed by atoms with van der Waals surface area (Å²) in [7, 11) is 1.89. The van der Waals surface area contributed by atoms with Gasteiger partial charge in [-0.05, 0) is 37.1 Å². The van der Waals surface area contributed by atoms with Gasteiger partial charge in [-0.2, -0.15) is 0 Å². The molecule has 0 spiro atoms. The second kappa shape index (κ2) is 5.15. The number of anilines is 1. The number of hydrogen-bond acceptors (Lipinski definition) is 2. The highest BCUT2D eigenvalue weighted by molar-refractivity contribution is 5.98. The monoisotopic (exact) mass is 217 g/mol. The maximum Gasteiger partial charge on any atom is 0.165 e. The first-order chi connectivity index (χ1) is 7.81. The van der Waals surface area contributed by atoms with Crippen LogP contribution in [-0.2, 0) is 0 Å². The van der Waals surface area contributed by atoms with Crippen LogP contribution in [0.2, 0.25) is 0 Å². The van der Waals surface area contributed by atoms with Gasteiger partial charge in [-0.25, -0.2) is 0 Å². The summed E-state index contributed by atoms with van der Waals surface area (Å²) >= 11 is 0. The number of Topliss-reactive ketones (excluding diaryl/α,β-unsaturated/α-hetero) is 1. The largest absolute Gasteiger partial charge is 0.388 e. The van der Waals surface area contributed by atoms with E-state index in [1.807, 2.05) is 31.3 Å². The summed E-state index contributed by atoms with van der Waals surface area (Å²) in [6.07, 6.45) is 5.87. The average molecular weight is 217 g/mol. The van der Waals surface area contributed by atoms with Crippen LogP contribution in [0.15, 0.2) is 24.3 Å². The van der Waals surface area contributed by atoms with Crippen LogP contribution >= 0.6 is 0 Å². The quantitative estimate of drug-likeness (QED) is 0.785. The van der Waals surface area contributed by atoms with Crippen LogP contribution in [-0.4, -0.2) is 12.8 Å². The van der Waals surface area contributed by atoms with Crippen molar-refractivity contribution in [1.29, 1.82) is 0 Å². The highest BCUT2D eigenvalue weighted by Crippen LogP contribution is 2.27. The number of hydrogen-bond donors (Lipinski definition) is 1. The van der Waals surface area contributed by atoms with Gasteiger partial charge < -0.3 is 5.32 Å². The molecule has 0 bridgehead atoms. The Morgan fingerprint density at radius 3 is 2.31 bits per heavy atom. The lowest BCUT2D eigenvalue weighted by molar-refractivity contribution is 0.0889. The summed E-state index contributed by atoms with van der Waals surface area (Å²) in [6, 6.07) is 7.80. The smallest absolute Gasteiger partial charge is 0.165 e. The molecule has 0 saturated heterocycles. The van der Waals surface area contributed by atoms with Crippen LogP contribution in [0.3, 0.4) is 0 Å². The van der Waals surface area contributed by atoms with Gasteiger partial charge in [-0.3, -0.25) is 4.79 Å². The fraction of sp³-hybridized carbons (Fsp3) is 0.500. The summed E-state index contributed by atoms with van der Waals surface area (Å²) in [4.78, 5) is 12.2. The zero-order valence-corrected chi connectivity index (χ0v) is 9.83. The molecule has 16 heavy (non-hydrogen) atoms. The Morgan fingerprint density at radius 1 is 1.12 bits per heavy atom. The van der Waals surface area contributed by atoms with Crippen LogP contribution in [0, 0.1) is 5.92 Å². The van der Waals surface area contributed by atoms with Crippen molar-refractivity contribution >= 4 is 11.5 Å². The van der Waals surface area contributed by atoms with Gasteiger partial charge in [0.25, 0.3) is 0 Å². The molecule has 2 heteroatoms. The highest BCUT2D eigenvalue weighted by atomic mass is 16.1. The molecule has 0 atom stereocenters. The van der Waals surface area contributed by atoms with Gasteiger partial charge in [0.15, 0.2) is 5.78 Å². The third-order valence-corrected chi connectivity index (χ3v) is 3.43. The van der Waals surface area contributed by atoms with E-state index in [1.54, 1.807) is 0 Å². The zero-order chi connectivity index (χ0) is 11.4. The molecule has 0 aromatic heterocycles. The molecule has 1 aromatic rings. The molecule has 0 heterocycles. The van der Waals surface area contributed by atoms with Crippen molar-refractivity contribution in [3.63, 3.8) is 0 Å². The van der Waals surface area contributed by atoms with Gasteiger partial charge in [0.2, 0.25) is 0 Å². The standard InChI is InChI=1S/C14H19NO/c1-15-13-9-7-12(8-10-13)14(16)11-5-3-2-4-6-11/h7-11,15H,2-6H2,1H3. The molecule has 1 aromatic carbocycles. The molecule has 1 aliphatic carbocycles. The van der Waals surface area contributed by atoms with Gasteiger partial charge in [0.1, 0.15) is 0 Å². The lowest BCUT2D eigenvalue weighted by Gasteiger charge is -2.20. The van der Waals surface area contributed by atoms with Crippen molar-refractivity contribution in [2.75, 3.05) is 12.4 Å². The van der Waals surface area contributed by atoms with Crippen molar-refractivity contribution in [1.82, 2.24) is 0 Å². The molecule has 0 radical (unpaired) electrons. The summed E-state index contributed by atoms with van der Waals surface area (Å²) < 4.78 is 0. The Hall–Kier alpha value is -1.31. The molecule has 0 amide bonds. The molecule has 86 valence electrons. The van der Waals surface area contributed by atoms with Gasteiger partial charge in [0, 0.05) is 24.2 Å². The van der Waals surface area contributed by atoms with Crippen molar-refractivity contribution in [2.24, 2.45) is 5.92 Å². The van der Waals surface area contributed by atoms with E-state index in [0.29, 0.717) is 5.78 Å². The minimum Gasteiger partial charge on any atom is -0.388 e. The number of ketones is 1. The van der Waals surface area contributed by atoms with Crippen LogP contribution in [0.25, 0.3) is 0 Å². The molecule has 0 unspecified atom stereocenters. The van der Waals surface area contributed by atoms with Gasteiger partial charge in [-0.15, -0.1) is 0 Å². The predicted molar refractivity (Wildman–Crippen MR) is 66.9 cm³/mol. The van der Waals surface area contributed by atoms with E-state index in [-0.39, 0.29) is 5.92 Å². The first-order valence-electron chi connectivity index (χ1n) is 6.13. The van der Waals surface area contributed by atoms with Crippen molar-refractivity contribution in [3.05, 3.63) is 29.8 Å². The summed E-state index contributed by atoms with van der Waals surface area (Å²) in [5.41, 5.74) is 1.92. The number of rotatable bonds is 3. The van der Waals surface area contributed by atoms with Gasteiger partial charge in [-0.1, -0.05) is 19.3 Å². The van der Waals surface area contributed by atoms with Crippen molar-refractivity contribution in [3.8, 4) is 0 Å². The number of benzene rings is 1. The Labute approximate surface area is 97.1 Å². The normalized spacial score (nSPS) is 17.1. The number of carbonyl (C=O) groups is 1. The molecule has 1 N–H and O–H groups in total. The fourth-order valence-corrected chi connectivity index (χ4v) is 2.40. The van der Waals surface area contributed by atoms with Crippen molar-refractivity contribution in [2.45, 2.75) is 32.1 Å². The third kappa shape index (κ3) is 2.43. The Morgan fingerprint density at radius 2 is 1.75 bits per heavy atom. The molecule has 1 aliphatic rings. The van der Waals surface area contributed by atoms with Crippen LogP contribution in [0.1, 0.15) is 42.5 Å². The van der Waals surface area contributed by atoms with Crippen LogP contribution in [0.5, 0.6) is 0 Å². The minimum atomic E-state index is 0.272. The van der Waals surface area contributed by atoms with Crippen LogP contribution in [0.4, 0.5) is 5.69 Å². The Bertz CT molecular complexity index is 350. The maximum absolute atomic E-state index is 12.2. The van der Waals surface area contributed by atoms with E-state index in [1.165, 1.54) is 19.3 Å². The molecular formula is C14H19NO. The molecular weight excluding hydrogens is 198 g/mol. The molecule has 2 rings (SSSR count). The van der Waals surface area contributed by atoms with Crippen molar-refractivity contribution < 1.29 is 4.79 Å². The Kier molecular flexibility index (Phi) is 3.60. The number of nitrogens with one attached hydrogen (secondary N) is 1. The van der Waals surface area contributed by atoms with Crippen LogP contribution < -0.4 is 5.32 Å². The molecule has 1 saturated carbocycles. The maximum atomic E-state index is 12.2. The summed E-state index contributed by atoms with van der Waals surface area (Å²) in [6.45, 7) is 0. The molecule has 0 aliphatic heterocycles. The first kappa shape index (κ1) is 11.2. The lowest BCUT2D eigenvalue weighted by Crippen LogP contribution is -2.17. The number of carbonyl (C=O) groups excluding carboxylic acids is 1. The Balaban J connectivity index is 2.07. The highest BCUT2D eigenvalue weighted by Gasteiger charge is 2.21. The average Bonchev–Trinajstić information content (AvgIpc) is 2.39. The second-order valence-corrected chi connectivity index (χ2v) is 4.53. The third-order valence-electron chi connectivity index (χ3n) is 3.43. The summed E-state index contributed by atoms with van der Waals surface area (Å²) in [5.74, 6) is 0.608. The topological polar surface area (TPSA) is 29.1 Å². The predicted octanol–water partition coefficient (Wildman–Crippen LogP) is 3.49. The van der Waals surface area contributed by atoms with Gasteiger partial charge >= 0.3 is 0 Å². The van der Waals surface area contributed by atoms with E-state index in [0.717, 1.165) is 24.1 Å². The molecule has 1 fully saturated rings. The lowest BCUT2D eigenvalue weighted by atomic mass is 9.84. The van der Waals surface area contributed by atoms with E-state index in [4.69, 9.17) is 0 Å². The zero-order valence-electron chi connectivity index (χ0n) is 9.83. The fourth-order valence-electron chi connectivity index (χ4n) is 2.40. The van der Waals surface area contributed by atoms with E-state index < -0.39 is 0 Å². The van der Waals surface area contributed by atoms with E-state index >= 15 is 0 Å².